The first kappa shape index (κ1) is 12.2. The highest BCUT2D eigenvalue weighted by Crippen LogP contribution is 2.39. The van der Waals surface area contributed by atoms with Gasteiger partial charge in [0.15, 0.2) is 0 Å². The van der Waals surface area contributed by atoms with E-state index in [2.05, 4.69) is 4.98 Å². The van der Waals surface area contributed by atoms with Gasteiger partial charge in [-0.25, -0.2) is 4.39 Å². The minimum absolute atomic E-state index is 0.162. The average Bonchev–Trinajstić information content (AvgIpc) is 2.90. The Hall–Kier alpha value is -1.84. The van der Waals surface area contributed by atoms with E-state index in [1.165, 1.54) is 6.07 Å². The summed E-state index contributed by atoms with van der Waals surface area (Å²) in [6.07, 6.45) is 2.21. The molecule has 0 radical (unpaired) electrons. The molecule has 0 saturated carbocycles. The Morgan fingerprint density at radius 2 is 2.37 bits per heavy atom. The molecule has 19 heavy (non-hydrogen) atoms. The molecule has 3 nitrogen and oxygen atoms in total. The van der Waals surface area contributed by atoms with Crippen molar-refractivity contribution in [2.45, 2.75) is 32.1 Å². The van der Waals surface area contributed by atoms with E-state index < -0.39 is 0 Å². The lowest BCUT2D eigenvalue weighted by Gasteiger charge is -2.08. The van der Waals surface area contributed by atoms with E-state index in [4.69, 9.17) is 4.74 Å². The Morgan fingerprint density at radius 1 is 1.53 bits per heavy atom. The number of benzene rings is 1. The van der Waals surface area contributed by atoms with Crippen LogP contribution in [-0.2, 0) is 16.0 Å². The molecule has 0 bridgehead atoms. The number of esters is 1. The van der Waals surface area contributed by atoms with Crippen molar-refractivity contribution in [3.05, 3.63) is 35.3 Å². The van der Waals surface area contributed by atoms with E-state index in [0.29, 0.717) is 13.0 Å². The number of aryl methyl sites for hydroxylation is 1. The molecule has 1 aliphatic rings. The molecule has 1 atom stereocenters. The highest BCUT2D eigenvalue weighted by Gasteiger charge is 2.28. The molecule has 0 saturated heterocycles. The van der Waals surface area contributed by atoms with E-state index in [1.54, 1.807) is 12.1 Å². The predicted molar refractivity (Wildman–Crippen MR) is 70.6 cm³/mol. The van der Waals surface area contributed by atoms with Gasteiger partial charge in [-0.2, -0.15) is 0 Å². The first-order valence-electron chi connectivity index (χ1n) is 6.64. The maximum Gasteiger partial charge on any atom is 0.306 e. The summed E-state index contributed by atoms with van der Waals surface area (Å²) in [6.45, 7) is 2.22. The van der Waals surface area contributed by atoms with Crippen molar-refractivity contribution < 1.29 is 13.9 Å². The number of aromatic amines is 1. The van der Waals surface area contributed by atoms with Crippen LogP contribution in [0.5, 0.6) is 0 Å². The lowest BCUT2D eigenvalue weighted by molar-refractivity contribution is -0.143. The molecule has 4 heteroatoms. The molecule has 3 rings (SSSR count). The van der Waals surface area contributed by atoms with E-state index in [0.717, 1.165) is 35.0 Å². The van der Waals surface area contributed by atoms with Gasteiger partial charge in [0.1, 0.15) is 5.82 Å². The van der Waals surface area contributed by atoms with Gasteiger partial charge in [0.25, 0.3) is 0 Å². The summed E-state index contributed by atoms with van der Waals surface area (Å²) in [5.41, 5.74) is 3.18. The number of hydrogen-bond acceptors (Lipinski definition) is 2. The summed E-state index contributed by atoms with van der Waals surface area (Å²) in [5, 5.41) is 0.946. The van der Waals surface area contributed by atoms with Gasteiger partial charge < -0.3 is 9.72 Å². The maximum absolute atomic E-state index is 13.3. The zero-order valence-corrected chi connectivity index (χ0v) is 10.8. The number of rotatable bonds is 3. The number of carbonyl (C=O) groups excluding carboxylic acids is 1. The minimum Gasteiger partial charge on any atom is -0.466 e. The van der Waals surface area contributed by atoms with E-state index in [1.807, 2.05) is 6.92 Å². The molecule has 0 fully saturated rings. The molecule has 1 heterocycles. The fourth-order valence-electron chi connectivity index (χ4n) is 2.95. The number of H-pyrrole nitrogens is 1. The summed E-state index contributed by atoms with van der Waals surface area (Å²) in [5.74, 6) is -0.210. The molecular formula is C15H16FNO2. The molecule has 0 aliphatic heterocycles. The topological polar surface area (TPSA) is 42.1 Å². The second-order valence-electron chi connectivity index (χ2n) is 4.95. The van der Waals surface area contributed by atoms with Gasteiger partial charge in [0, 0.05) is 22.5 Å². The van der Waals surface area contributed by atoms with Crippen molar-refractivity contribution >= 4 is 16.9 Å². The number of aromatic nitrogens is 1. The Labute approximate surface area is 110 Å². The predicted octanol–water partition coefficient (Wildman–Crippen LogP) is 3.29. The number of hydrogen-bond donors (Lipinski definition) is 1. The first-order valence-corrected chi connectivity index (χ1v) is 6.64. The highest BCUT2D eigenvalue weighted by molar-refractivity contribution is 5.86. The van der Waals surface area contributed by atoms with Gasteiger partial charge in [-0.15, -0.1) is 0 Å². The third-order valence-corrected chi connectivity index (χ3v) is 3.77. The second-order valence-corrected chi connectivity index (χ2v) is 4.95. The Kier molecular flexibility index (Phi) is 3.01. The Bertz CT molecular complexity index is 632. The van der Waals surface area contributed by atoms with Gasteiger partial charge in [0.05, 0.1) is 13.0 Å². The lowest BCUT2D eigenvalue weighted by atomic mass is 10.0. The third kappa shape index (κ3) is 2.11. The van der Waals surface area contributed by atoms with Crippen LogP contribution in [0.25, 0.3) is 10.9 Å². The smallest absolute Gasteiger partial charge is 0.306 e. The Balaban J connectivity index is 1.92. The van der Waals surface area contributed by atoms with E-state index in [-0.39, 0.29) is 17.7 Å². The standard InChI is InChI=1S/C15H16FNO2/c1-2-19-14(18)7-9-3-5-11-12-8-10(16)4-6-13(12)17-15(9)11/h4,6,8-9,17H,2-3,5,7H2,1H3/t9-/m1/s1. The zero-order chi connectivity index (χ0) is 13.4. The van der Waals surface area contributed by atoms with E-state index >= 15 is 0 Å². The van der Waals surface area contributed by atoms with Crippen LogP contribution in [0.1, 0.15) is 36.9 Å². The van der Waals surface area contributed by atoms with Crippen LogP contribution in [0.4, 0.5) is 4.39 Å². The van der Waals surface area contributed by atoms with Gasteiger partial charge in [-0.05, 0) is 43.5 Å². The molecule has 0 spiro atoms. The number of halogens is 1. The number of nitrogens with one attached hydrogen (secondary N) is 1. The van der Waals surface area contributed by atoms with Crippen LogP contribution in [-0.4, -0.2) is 17.6 Å². The molecule has 1 N–H and O–H groups in total. The molecule has 1 aromatic heterocycles. The fraction of sp³-hybridized carbons (Fsp3) is 0.400. The van der Waals surface area contributed by atoms with E-state index in [9.17, 15) is 9.18 Å². The maximum atomic E-state index is 13.3. The van der Waals surface area contributed by atoms with Gasteiger partial charge >= 0.3 is 5.97 Å². The van der Waals surface area contributed by atoms with Crippen LogP contribution in [0.2, 0.25) is 0 Å². The average molecular weight is 261 g/mol. The summed E-state index contributed by atoms with van der Waals surface area (Å²) in [4.78, 5) is 14.9. The van der Waals surface area contributed by atoms with Crippen molar-refractivity contribution in [1.82, 2.24) is 4.98 Å². The zero-order valence-electron chi connectivity index (χ0n) is 10.8. The third-order valence-electron chi connectivity index (χ3n) is 3.77. The molecule has 1 aromatic carbocycles. The van der Waals surface area contributed by atoms with Crippen molar-refractivity contribution in [2.75, 3.05) is 6.61 Å². The van der Waals surface area contributed by atoms with Crippen molar-refractivity contribution in [3.63, 3.8) is 0 Å². The molecule has 0 amide bonds. The quantitative estimate of drug-likeness (QED) is 0.861. The number of ether oxygens (including phenoxy) is 1. The van der Waals surface area contributed by atoms with Crippen molar-refractivity contribution in [3.8, 4) is 0 Å². The van der Waals surface area contributed by atoms with Crippen molar-refractivity contribution in [2.24, 2.45) is 0 Å². The van der Waals surface area contributed by atoms with Crippen LogP contribution >= 0.6 is 0 Å². The molecule has 100 valence electrons. The van der Waals surface area contributed by atoms with Gasteiger partial charge in [0.2, 0.25) is 0 Å². The highest BCUT2D eigenvalue weighted by atomic mass is 19.1. The molecule has 0 unspecified atom stereocenters. The number of carbonyl (C=O) groups is 1. The summed E-state index contributed by atoms with van der Waals surface area (Å²) < 4.78 is 18.3. The first-order chi connectivity index (χ1) is 9.19. The monoisotopic (exact) mass is 261 g/mol. The minimum atomic E-state index is -0.219. The SMILES string of the molecule is CCOC(=O)C[C@H]1CCc2c1[nH]c1ccc(F)cc21. The lowest BCUT2D eigenvalue weighted by Crippen LogP contribution is -2.08. The fourth-order valence-corrected chi connectivity index (χ4v) is 2.95. The normalized spacial score (nSPS) is 17.7. The van der Waals surface area contributed by atoms with Crippen LogP contribution < -0.4 is 0 Å². The second kappa shape index (κ2) is 4.68. The summed E-state index contributed by atoms with van der Waals surface area (Å²) >= 11 is 0. The summed E-state index contributed by atoms with van der Waals surface area (Å²) in [6, 6.07) is 4.77. The molecule has 1 aliphatic carbocycles. The van der Waals surface area contributed by atoms with Gasteiger partial charge in [-0.1, -0.05) is 0 Å². The van der Waals surface area contributed by atoms with Crippen LogP contribution in [0, 0.1) is 5.82 Å². The molecular weight excluding hydrogens is 245 g/mol. The van der Waals surface area contributed by atoms with Crippen LogP contribution in [0.15, 0.2) is 18.2 Å². The largest absolute Gasteiger partial charge is 0.466 e. The van der Waals surface area contributed by atoms with Crippen LogP contribution in [0.3, 0.4) is 0 Å². The molecule has 2 aromatic rings. The number of fused-ring (bicyclic) bond motifs is 3. The van der Waals surface area contributed by atoms with Crippen molar-refractivity contribution in [1.29, 1.82) is 0 Å². The Morgan fingerprint density at radius 3 is 3.16 bits per heavy atom. The van der Waals surface area contributed by atoms with Gasteiger partial charge in [-0.3, -0.25) is 4.79 Å². The summed E-state index contributed by atoms with van der Waals surface area (Å²) in [7, 11) is 0.